The standard InChI is InChI=1S/C13H19NOS/c1-9-3-4-11(7-10(9)2)16-13-8-15-6-5-12(13)14/h3-4,7,12-13H,5-6,8,14H2,1-2H3. The average molecular weight is 237 g/mol. The largest absolute Gasteiger partial charge is 0.380 e. The van der Waals surface area contributed by atoms with Crippen molar-refractivity contribution in [3.8, 4) is 0 Å². The molecule has 2 unspecified atom stereocenters. The number of aryl methyl sites for hydroxylation is 2. The molecule has 0 saturated carbocycles. The molecule has 3 heteroatoms. The molecule has 1 aliphatic rings. The Kier molecular flexibility index (Phi) is 3.90. The first-order valence-electron chi connectivity index (χ1n) is 5.74. The van der Waals surface area contributed by atoms with Gasteiger partial charge in [0, 0.05) is 22.8 Å². The van der Waals surface area contributed by atoms with Gasteiger partial charge in [0.05, 0.1) is 6.61 Å². The van der Waals surface area contributed by atoms with E-state index in [0.717, 1.165) is 19.6 Å². The van der Waals surface area contributed by atoms with Gasteiger partial charge in [-0.1, -0.05) is 6.07 Å². The highest BCUT2D eigenvalue weighted by atomic mass is 32.2. The lowest BCUT2D eigenvalue weighted by molar-refractivity contribution is 0.0916. The predicted octanol–water partition coefficient (Wildman–Crippen LogP) is 2.51. The number of hydrogen-bond acceptors (Lipinski definition) is 3. The van der Waals surface area contributed by atoms with Crippen LogP contribution in [0.1, 0.15) is 17.5 Å². The molecular formula is C13H19NOS. The molecule has 1 fully saturated rings. The Morgan fingerprint density at radius 1 is 1.31 bits per heavy atom. The summed E-state index contributed by atoms with van der Waals surface area (Å²) in [5.74, 6) is 0. The molecule has 0 amide bonds. The molecule has 1 saturated heterocycles. The van der Waals surface area contributed by atoms with Crippen molar-refractivity contribution >= 4 is 11.8 Å². The Hall–Kier alpha value is -0.510. The summed E-state index contributed by atoms with van der Waals surface area (Å²) in [5, 5.41) is 0.399. The molecule has 0 aliphatic carbocycles. The van der Waals surface area contributed by atoms with Crippen molar-refractivity contribution in [1.29, 1.82) is 0 Å². The van der Waals surface area contributed by atoms with Gasteiger partial charge < -0.3 is 10.5 Å². The van der Waals surface area contributed by atoms with Crippen molar-refractivity contribution < 1.29 is 4.74 Å². The van der Waals surface area contributed by atoms with Crippen molar-refractivity contribution in [1.82, 2.24) is 0 Å². The molecular weight excluding hydrogens is 218 g/mol. The van der Waals surface area contributed by atoms with E-state index in [1.807, 2.05) is 11.8 Å². The topological polar surface area (TPSA) is 35.2 Å². The second-order valence-electron chi connectivity index (χ2n) is 4.43. The Morgan fingerprint density at radius 2 is 2.12 bits per heavy atom. The van der Waals surface area contributed by atoms with E-state index in [2.05, 4.69) is 32.0 Å². The monoisotopic (exact) mass is 237 g/mol. The fourth-order valence-electron chi connectivity index (χ4n) is 1.81. The van der Waals surface area contributed by atoms with Crippen LogP contribution in [0.4, 0.5) is 0 Å². The van der Waals surface area contributed by atoms with Gasteiger partial charge >= 0.3 is 0 Å². The van der Waals surface area contributed by atoms with Gasteiger partial charge in [-0.2, -0.15) is 0 Å². The molecule has 16 heavy (non-hydrogen) atoms. The van der Waals surface area contributed by atoms with Crippen molar-refractivity contribution in [2.24, 2.45) is 5.73 Å². The minimum atomic E-state index is 0.264. The number of benzene rings is 1. The quantitative estimate of drug-likeness (QED) is 0.858. The maximum atomic E-state index is 6.09. The van der Waals surface area contributed by atoms with Crippen LogP contribution in [0.25, 0.3) is 0 Å². The molecule has 0 radical (unpaired) electrons. The van der Waals surface area contributed by atoms with Crippen LogP contribution < -0.4 is 5.73 Å². The van der Waals surface area contributed by atoms with E-state index >= 15 is 0 Å². The van der Waals surface area contributed by atoms with E-state index in [0.29, 0.717) is 5.25 Å². The summed E-state index contributed by atoms with van der Waals surface area (Å²) in [4.78, 5) is 1.30. The van der Waals surface area contributed by atoms with Crippen molar-refractivity contribution in [3.05, 3.63) is 29.3 Å². The van der Waals surface area contributed by atoms with Crippen molar-refractivity contribution in [2.45, 2.75) is 36.5 Å². The van der Waals surface area contributed by atoms with Crippen LogP contribution in [-0.2, 0) is 4.74 Å². The maximum Gasteiger partial charge on any atom is 0.0603 e. The summed E-state index contributed by atoms with van der Waals surface area (Å²) in [5.41, 5.74) is 8.78. The molecule has 2 rings (SSSR count). The summed E-state index contributed by atoms with van der Waals surface area (Å²) < 4.78 is 5.48. The fraction of sp³-hybridized carbons (Fsp3) is 0.538. The first kappa shape index (κ1) is 12.0. The van der Waals surface area contributed by atoms with E-state index in [-0.39, 0.29) is 6.04 Å². The van der Waals surface area contributed by atoms with E-state index in [9.17, 15) is 0 Å². The third-order valence-electron chi connectivity index (χ3n) is 3.12. The van der Waals surface area contributed by atoms with E-state index in [4.69, 9.17) is 10.5 Å². The predicted molar refractivity (Wildman–Crippen MR) is 69.0 cm³/mol. The first-order valence-corrected chi connectivity index (χ1v) is 6.62. The van der Waals surface area contributed by atoms with Gasteiger partial charge in [-0.05, 0) is 43.5 Å². The number of rotatable bonds is 2. The molecule has 1 aromatic rings. The SMILES string of the molecule is Cc1ccc(SC2COCCC2N)cc1C. The molecule has 2 N–H and O–H groups in total. The number of nitrogens with two attached hydrogens (primary N) is 1. The zero-order valence-electron chi connectivity index (χ0n) is 9.90. The van der Waals surface area contributed by atoms with Crippen molar-refractivity contribution in [2.75, 3.05) is 13.2 Å². The second-order valence-corrected chi connectivity index (χ2v) is 5.74. The molecule has 1 aromatic carbocycles. The minimum absolute atomic E-state index is 0.264. The first-order chi connectivity index (χ1) is 7.66. The number of ether oxygens (including phenoxy) is 1. The Morgan fingerprint density at radius 3 is 2.81 bits per heavy atom. The Labute approximate surface area is 102 Å². The van der Waals surface area contributed by atoms with E-state index in [1.165, 1.54) is 16.0 Å². The highest BCUT2D eigenvalue weighted by molar-refractivity contribution is 8.00. The molecule has 88 valence electrons. The number of thioether (sulfide) groups is 1. The fourth-order valence-corrected chi connectivity index (χ4v) is 3.03. The third kappa shape index (κ3) is 2.78. The van der Waals surface area contributed by atoms with Crippen LogP contribution in [0, 0.1) is 13.8 Å². The zero-order chi connectivity index (χ0) is 11.5. The summed E-state index contributed by atoms with van der Waals surface area (Å²) >= 11 is 1.85. The van der Waals surface area contributed by atoms with Gasteiger partial charge in [0.15, 0.2) is 0 Å². The average Bonchev–Trinajstić information content (AvgIpc) is 2.27. The second kappa shape index (κ2) is 5.21. The third-order valence-corrected chi connectivity index (χ3v) is 4.44. The lowest BCUT2D eigenvalue weighted by Gasteiger charge is -2.28. The Balaban J connectivity index is 2.05. The zero-order valence-corrected chi connectivity index (χ0v) is 10.7. The molecule has 0 bridgehead atoms. The molecule has 0 spiro atoms. The highest BCUT2D eigenvalue weighted by Gasteiger charge is 2.23. The van der Waals surface area contributed by atoms with Crippen LogP contribution >= 0.6 is 11.8 Å². The molecule has 2 atom stereocenters. The van der Waals surface area contributed by atoms with Crippen LogP contribution in [0.2, 0.25) is 0 Å². The normalized spacial score (nSPS) is 25.7. The van der Waals surface area contributed by atoms with E-state index < -0.39 is 0 Å². The molecule has 1 heterocycles. The summed E-state index contributed by atoms with van der Waals surface area (Å²) in [6.07, 6.45) is 0.975. The van der Waals surface area contributed by atoms with Gasteiger partial charge in [0.2, 0.25) is 0 Å². The molecule has 0 aromatic heterocycles. The van der Waals surface area contributed by atoms with Crippen LogP contribution in [0.3, 0.4) is 0 Å². The smallest absolute Gasteiger partial charge is 0.0603 e. The van der Waals surface area contributed by atoms with Crippen LogP contribution in [0.15, 0.2) is 23.1 Å². The maximum absolute atomic E-state index is 6.09. The summed E-state index contributed by atoms with van der Waals surface area (Å²) in [7, 11) is 0. The molecule has 2 nitrogen and oxygen atoms in total. The van der Waals surface area contributed by atoms with Gasteiger partial charge in [0.1, 0.15) is 0 Å². The number of hydrogen-bond donors (Lipinski definition) is 1. The minimum Gasteiger partial charge on any atom is -0.380 e. The van der Waals surface area contributed by atoms with Crippen molar-refractivity contribution in [3.63, 3.8) is 0 Å². The van der Waals surface area contributed by atoms with Gasteiger partial charge in [0.25, 0.3) is 0 Å². The summed E-state index contributed by atoms with van der Waals surface area (Å²) in [6, 6.07) is 6.85. The van der Waals surface area contributed by atoms with Crippen LogP contribution in [0.5, 0.6) is 0 Å². The summed E-state index contributed by atoms with van der Waals surface area (Å²) in [6.45, 7) is 5.87. The van der Waals surface area contributed by atoms with E-state index in [1.54, 1.807) is 0 Å². The van der Waals surface area contributed by atoms with Gasteiger partial charge in [-0.25, -0.2) is 0 Å². The lowest BCUT2D eigenvalue weighted by atomic mass is 10.1. The lowest BCUT2D eigenvalue weighted by Crippen LogP contribution is -2.40. The molecule has 1 aliphatic heterocycles. The highest BCUT2D eigenvalue weighted by Crippen LogP contribution is 2.29. The Bertz CT molecular complexity index is 367. The van der Waals surface area contributed by atoms with Gasteiger partial charge in [-0.15, -0.1) is 11.8 Å². The van der Waals surface area contributed by atoms with Crippen LogP contribution in [-0.4, -0.2) is 24.5 Å². The van der Waals surface area contributed by atoms with Gasteiger partial charge in [-0.3, -0.25) is 0 Å².